The standard InChI is InChI=1S/C12H5Cl3FNO2/c13-9-3-6(4-10(14)12(9)15)8-5-7(16)1-2-11(8)17(18)19/h1-5H. The van der Waals surface area contributed by atoms with Crippen LogP contribution in [0, 0.1) is 15.9 Å². The quantitative estimate of drug-likeness (QED) is 0.424. The molecular weight excluding hydrogens is 315 g/mol. The first-order valence-electron chi connectivity index (χ1n) is 4.99. The van der Waals surface area contributed by atoms with Crippen molar-refractivity contribution >= 4 is 40.5 Å². The first kappa shape index (κ1) is 14.1. The fourth-order valence-corrected chi connectivity index (χ4v) is 2.21. The minimum absolute atomic E-state index is 0.0884. The fraction of sp³-hybridized carbons (Fsp3) is 0. The van der Waals surface area contributed by atoms with E-state index >= 15 is 0 Å². The molecule has 0 radical (unpaired) electrons. The van der Waals surface area contributed by atoms with Gasteiger partial charge in [-0.25, -0.2) is 4.39 Å². The summed E-state index contributed by atoms with van der Waals surface area (Å²) in [7, 11) is 0. The molecule has 0 N–H and O–H groups in total. The molecule has 98 valence electrons. The van der Waals surface area contributed by atoms with Crippen LogP contribution in [0.4, 0.5) is 10.1 Å². The van der Waals surface area contributed by atoms with Crippen LogP contribution in [0.1, 0.15) is 0 Å². The van der Waals surface area contributed by atoms with Crippen molar-refractivity contribution in [2.75, 3.05) is 0 Å². The zero-order valence-electron chi connectivity index (χ0n) is 9.16. The molecular formula is C12H5Cl3FNO2. The molecule has 0 aliphatic heterocycles. The van der Waals surface area contributed by atoms with Gasteiger partial charge in [-0.15, -0.1) is 0 Å². The van der Waals surface area contributed by atoms with Crippen molar-refractivity contribution < 1.29 is 9.31 Å². The van der Waals surface area contributed by atoms with E-state index in [0.717, 1.165) is 18.2 Å². The number of nitro benzene ring substituents is 1. The molecule has 0 bridgehead atoms. The highest BCUT2D eigenvalue weighted by Crippen LogP contribution is 2.38. The van der Waals surface area contributed by atoms with Crippen molar-refractivity contribution in [2.24, 2.45) is 0 Å². The Balaban J connectivity index is 2.71. The Labute approximate surface area is 122 Å². The fourth-order valence-electron chi connectivity index (χ4n) is 1.61. The molecule has 2 aromatic rings. The van der Waals surface area contributed by atoms with Crippen molar-refractivity contribution in [3.05, 3.63) is 61.3 Å². The molecule has 0 aromatic heterocycles. The number of rotatable bonds is 2. The summed E-state index contributed by atoms with van der Waals surface area (Å²) in [6.07, 6.45) is 0. The van der Waals surface area contributed by atoms with Gasteiger partial charge < -0.3 is 0 Å². The lowest BCUT2D eigenvalue weighted by Gasteiger charge is -2.06. The van der Waals surface area contributed by atoms with Gasteiger partial charge in [0.2, 0.25) is 0 Å². The number of benzene rings is 2. The number of halogens is 4. The second kappa shape index (κ2) is 5.33. The zero-order chi connectivity index (χ0) is 14.2. The van der Waals surface area contributed by atoms with E-state index in [4.69, 9.17) is 34.8 Å². The summed E-state index contributed by atoms with van der Waals surface area (Å²) in [5.74, 6) is -0.595. The van der Waals surface area contributed by atoms with Crippen LogP contribution in [0.2, 0.25) is 15.1 Å². The van der Waals surface area contributed by atoms with Gasteiger partial charge in [0.15, 0.2) is 0 Å². The maximum absolute atomic E-state index is 13.3. The summed E-state index contributed by atoms with van der Waals surface area (Å²) >= 11 is 17.5. The van der Waals surface area contributed by atoms with E-state index in [1.807, 2.05) is 0 Å². The van der Waals surface area contributed by atoms with Gasteiger partial charge in [-0.3, -0.25) is 10.1 Å². The summed E-state index contributed by atoms with van der Waals surface area (Å²) < 4.78 is 13.3. The van der Waals surface area contributed by atoms with Crippen LogP contribution in [0.25, 0.3) is 11.1 Å². The van der Waals surface area contributed by atoms with Crippen LogP contribution in [-0.4, -0.2) is 4.92 Å². The van der Waals surface area contributed by atoms with Crippen LogP contribution in [0.5, 0.6) is 0 Å². The molecule has 0 amide bonds. The highest BCUT2D eigenvalue weighted by atomic mass is 35.5. The maximum atomic E-state index is 13.3. The van der Waals surface area contributed by atoms with Gasteiger partial charge in [-0.2, -0.15) is 0 Å². The van der Waals surface area contributed by atoms with Crippen LogP contribution >= 0.6 is 34.8 Å². The largest absolute Gasteiger partial charge is 0.277 e. The van der Waals surface area contributed by atoms with Crippen molar-refractivity contribution in [1.29, 1.82) is 0 Å². The lowest BCUT2D eigenvalue weighted by molar-refractivity contribution is -0.384. The molecule has 0 heterocycles. The predicted molar refractivity (Wildman–Crippen MR) is 73.5 cm³/mol. The Morgan fingerprint density at radius 1 is 1.05 bits per heavy atom. The Bertz CT molecular complexity index is 653. The first-order chi connectivity index (χ1) is 8.90. The van der Waals surface area contributed by atoms with Crippen molar-refractivity contribution in [3.8, 4) is 11.1 Å². The summed E-state index contributed by atoms with van der Waals surface area (Å²) in [5.41, 5.74) is 0.173. The predicted octanol–water partition coefficient (Wildman–Crippen LogP) is 5.36. The molecule has 19 heavy (non-hydrogen) atoms. The van der Waals surface area contributed by atoms with Gasteiger partial charge >= 0.3 is 0 Å². The average molecular weight is 321 g/mol. The van der Waals surface area contributed by atoms with E-state index in [2.05, 4.69) is 0 Å². The Morgan fingerprint density at radius 2 is 1.63 bits per heavy atom. The summed E-state index contributed by atoms with van der Waals surface area (Å²) in [4.78, 5) is 10.3. The lowest BCUT2D eigenvalue weighted by Crippen LogP contribution is -1.93. The van der Waals surface area contributed by atoms with Crippen LogP contribution in [-0.2, 0) is 0 Å². The van der Waals surface area contributed by atoms with Gasteiger partial charge in [0.1, 0.15) is 5.82 Å². The summed E-state index contributed by atoms with van der Waals surface area (Å²) in [6, 6.07) is 5.95. The Kier molecular flexibility index (Phi) is 3.94. The van der Waals surface area contributed by atoms with Gasteiger partial charge in [-0.05, 0) is 29.8 Å². The molecule has 0 saturated heterocycles. The number of hydrogen-bond acceptors (Lipinski definition) is 2. The number of nitrogens with zero attached hydrogens (tertiary/aromatic N) is 1. The molecule has 0 spiro atoms. The van der Waals surface area contributed by atoms with Crippen LogP contribution in [0.3, 0.4) is 0 Å². The maximum Gasteiger partial charge on any atom is 0.277 e. The molecule has 3 nitrogen and oxygen atoms in total. The second-order valence-electron chi connectivity index (χ2n) is 3.67. The van der Waals surface area contributed by atoms with Gasteiger partial charge in [0, 0.05) is 6.07 Å². The molecule has 7 heteroatoms. The van der Waals surface area contributed by atoms with Gasteiger partial charge in [0.25, 0.3) is 5.69 Å². The topological polar surface area (TPSA) is 43.1 Å². The molecule has 2 aromatic carbocycles. The minimum atomic E-state index is -0.606. The highest BCUT2D eigenvalue weighted by molar-refractivity contribution is 6.48. The monoisotopic (exact) mass is 319 g/mol. The van der Waals surface area contributed by atoms with Crippen LogP contribution in [0.15, 0.2) is 30.3 Å². The molecule has 0 aliphatic carbocycles. The van der Waals surface area contributed by atoms with Crippen molar-refractivity contribution in [1.82, 2.24) is 0 Å². The smallest absolute Gasteiger partial charge is 0.258 e. The number of hydrogen-bond donors (Lipinski definition) is 0. The molecule has 0 unspecified atom stereocenters. The van der Waals surface area contributed by atoms with Crippen molar-refractivity contribution in [2.45, 2.75) is 0 Å². The summed E-state index contributed by atoms with van der Waals surface area (Å²) in [5, 5.41) is 11.4. The third-order valence-corrected chi connectivity index (χ3v) is 3.65. The zero-order valence-corrected chi connectivity index (χ0v) is 11.4. The molecule has 2 rings (SSSR count). The average Bonchev–Trinajstić information content (AvgIpc) is 2.34. The van der Waals surface area contributed by atoms with Crippen molar-refractivity contribution in [3.63, 3.8) is 0 Å². The molecule has 0 saturated carbocycles. The van der Waals surface area contributed by atoms with Crippen LogP contribution < -0.4 is 0 Å². The molecule has 0 fully saturated rings. The van der Waals surface area contributed by atoms with E-state index in [1.54, 1.807) is 0 Å². The Hall–Kier alpha value is -1.36. The summed E-state index contributed by atoms with van der Waals surface area (Å²) in [6.45, 7) is 0. The third-order valence-electron chi connectivity index (χ3n) is 2.45. The van der Waals surface area contributed by atoms with Gasteiger partial charge in [0.05, 0.1) is 25.6 Å². The molecule has 0 atom stereocenters. The minimum Gasteiger partial charge on any atom is -0.258 e. The SMILES string of the molecule is O=[N+]([O-])c1ccc(F)cc1-c1cc(Cl)c(Cl)c(Cl)c1. The van der Waals surface area contributed by atoms with E-state index in [0.29, 0.717) is 5.56 Å². The van der Waals surface area contributed by atoms with E-state index < -0.39 is 10.7 Å². The Morgan fingerprint density at radius 3 is 2.16 bits per heavy atom. The third kappa shape index (κ3) is 2.81. The second-order valence-corrected chi connectivity index (χ2v) is 4.86. The number of nitro groups is 1. The molecule has 0 aliphatic rings. The highest BCUT2D eigenvalue weighted by Gasteiger charge is 2.18. The van der Waals surface area contributed by atoms with Gasteiger partial charge in [-0.1, -0.05) is 34.8 Å². The van der Waals surface area contributed by atoms with E-state index in [1.165, 1.54) is 12.1 Å². The first-order valence-corrected chi connectivity index (χ1v) is 6.12. The van der Waals surface area contributed by atoms with E-state index in [-0.39, 0.29) is 26.3 Å². The lowest BCUT2D eigenvalue weighted by atomic mass is 10.0. The normalized spacial score (nSPS) is 10.5. The van der Waals surface area contributed by atoms with E-state index in [9.17, 15) is 14.5 Å².